The summed E-state index contributed by atoms with van der Waals surface area (Å²) in [5.41, 5.74) is 0. The topological polar surface area (TPSA) is 30.5 Å². The van der Waals surface area contributed by atoms with E-state index in [2.05, 4.69) is 19.2 Å². The van der Waals surface area contributed by atoms with Gasteiger partial charge in [0.25, 0.3) is 0 Å². The van der Waals surface area contributed by atoms with E-state index in [-0.39, 0.29) is 0 Å². The molecular weight excluding hydrogens is 226 g/mol. The summed E-state index contributed by atoms with van der Waals surface area (Å²) in [5, 5.41) is 3.37. The predicted octanol–water partition coefficient (Wildman–Crippen LogP) is 3.10. The van der Waals surface area contributed by atoms with Crippen molar-refractivity contribution in [1.29, 1.82) is 0 Å². The molecule has 3 nitrogen and oxygen atoms in total. The lowest BCUT2D eigenvalue weighted by Crippen LogP contribution is -2.23. The van der Waals surface area contributed by atoms with Crippen molar-refractivity contribution in [1.82, 2.24) is 5.32 Å². The molecule has 0 aromatic heterocycles. The second-order valence-corrected chi connectivity index (χ2v) is 4.69. The lowest BCUT2D eigenvalue weighted by atomic mass is 10.1. The van der Waals surface area contributed by atoms with Gasteiger partial charge in [-0.25, -0.2) is 0 Å². The molecule has 0 atom stereocenters. The second-order valence-electron chi connectivity index (χ2n) is 4.69. The third kappa shape index (κ3) is 6.50. The fraction of sp³-hybridized carbons (Fsp3) is 0.600. The standard InChI is InChI=1S/C15H25NO2/c1-4-17-14-6-5-7-15(12-14)18-11-10-16-9-8-13(2)3/h5-7,12-13,16H,4,8-11H2,1-3H3. The van der Waals surface area contributed by atoms with Gasteiger partial charge in [-0.2, -0.15) is 0 Å². The van der Waals surface area contributed by atoms with Crippen molar-refractivity contribution in [3.05, 3.63) is 24.3 Å². The molecule has 0 aliphatic heterocycles. The zero-order valence-electron chi connectivity index (χ0n) is 11.7. The van der Waals surface area contributed by atoms with Crippen LogP contribution in [0.15, 0.2) is 24.3 Å². The smallest absolute Gasteiger partial charge is 0.123 e. The number of hydrogen-bond donors (Lipinski definition) is 1. The highest BCUT2D eigenvalue weighted by Gasteiger charge is 1.97. The lowest BCUT2D eigenvalue weighted by Gasteiger charge is -2.10. The van der Waals surface area contributed by atoms with Crippen LogP contribution in [0.2, 0.25) is 0 Å². The number of ether oxygens (including phenoxy) is 2. The quantitative estimate of drug-likeness (QED) is 0.684. The van der Waals surface area contributed by atoms with Crippen LogP contribution in [0.5, 0.6) is 11.5 Å². The first kappa shape index (κ1) is 14.8. The first-order chi connectivity index (χ1) is 8.72. The van der Waals surface area contributed by atoms with Crippen molar-refractivity contribution < 1.29 is 9.47 Å². The summed E-state index contributed by atoms with van der Waals surface area (Å²) < 4.78 is 11.1. The molecule has 0 bridgehead atoms. The van der Waals surface area contributed by atoms with Gasteiger partial charge >= 0.3 is 0 Å². The minimum absolute atomic E-state index is 0.681. The van der Waals surface area contributed by atoms with Gasteiger partial charge in [0.2, 0.25) is 0 Å². The highest BCUT2D eigenvalue weighted by atomic mass is 16.5. The predicted molar refractivity (Wildman–Crippen MR) is 75.4 cm³/mol. The Hall–Kier alpha value is -1.22. The van der Waals surface area contributed by atoms with Crippen molar-refractivity contribution in [2.45, 2.75) is 27.2 Å². The fourth-order valence-electron chi connectivity index (χ4n) is 1.58. The van der Waals surface area contributed by atoms with Crippen molar-refractivity contribution in [2.24, 2.45) is 5.92 Å². The molecule has 102 valence electrons. The van der Waals surface area contributed by atoms with Crippen LogP contribution in [-0.2, 0) is 0 Å². The zero-order chi connectivity index (χ0) is 13.2. The highest BCUT2D eigenvalue weighted by molar-refractivity contribution is 5.32. The van der Waals surface area contributed by atoms with E-state index in [1.165, 1.54) is 6.42 Å². The average molecular weight is 251 g/mol. The van der Waals surface area contributed by atoms with E-state index in [4.69, 9.17) is 9.47 Å². The van der Waals surface area contributed by atoms with E-state index >= 15 is 0 Å². The third-order valence-electron chi connectivity index (χ3n) is 2.56. The summed E-state index contributed by atoms with van der Waals surface area (Å²) in [5.74, 6) is 2.48. The number of benzene rings is 1. The molecule has 0 aliphatic rings. The van der Waals surface area contributed by atoms with Crippen LogP contribution in [0, 0.1) is 5.92 Å². The van der Waals surface area contributed by atoms with Crippen molar-refractivity contribution >= 4 is 0 Å². The van der Waals surface area contributed by atoms with E-state index in [1.54, 1.807) is 0 Å². The third-order valence-corrected chi connectivity index (χ3v) is 2.56. The molecule has 1 aromatic carbocycles. The first-order valence-electron chi connectivity index (χ1n) is 6.78. The zero-order valence-corrected chi connectivity index (χ0v) is 11.7. The minimum Gasteiger partial charge on any atom is -0.494 e. The molecule has 1 rings (SSSR count). The molecule has 1 aromatic rings. The molecule has 18 heavy (non-hydrogen) atoms. The van der Waals surface area contributed by atoms with Gasteiger partial charge in [-0.15, -0.1) is 0 Å². The molecule has 0 fully saturated rings. The van der Waals surface area contributed by atoms with E-state index in [9.17, 15) is 0 Å². The van der Waals surface area contributed by atoms with Gasteiger partial charge in [-0.1, -0.05) is 19.9 Å². The van der Waals surface area contributed by atoms with E-state index in [0.717, 1.165) is 30.5 Å². The van der Waals surface area contributed by atoms with Crippen molar-refractivity contribution in [2.75, 3.05) is 26.3 Å². The molecule has 0 radical (unpaired) electrons. The summed E-state index contributed by atoms with van der Waals surface area (Å²) in [6, 6.07) is 7.78. The Bertz CT molecular complexity index is 326. The highest BCUT2D eigenvalue weighted by Crippen LogP contribution is 2.18. The lowest BCUT2D eigenvalue weighted by molar-refractivity contribution is 0.305. The van der Waals surface area contributed by atoms with Gasteiger partial charge < -0.3 is 14.8 Å². The normalized spacial score (nSPS) is 10.7. The molecule has 0 spiro atoms. The maximum atomic E-state index is 5.66. The molecule has 0 heterocycles. The largest absolute Gasteiger partial charge is 0.494 e. The van der Waals surface area contributed by atoms with Crippen LogP contribution >= 0.6 is 0 Å². The SMILES string of the molecule is CCOc1cccc(OCCNCCC(C)C)c1. The van der Waals surface area contributed by atoms with Gasteiger partial charge in [0.15, 0.2) is 0 Å². The van der Waals surface area contributed by atoms with Crippen LogP contribution in [0.1, 0.15) is 27.2 Å². The molecule has 0 amide bonds. The Morgan fingerprint density at radius 2 is 1.83 bits per heavy atom. The average Bonchev–Trinajstić information content (AvgIpc) is 2.34. The summed E-state index contributed by atoms with van der Waals surface area (Å²) in [4.78, 5) is 0. The van der Waals surface area contributed by atoms with Crippen LogP contribution in [0.25, 0.3) is 0 Å². The Kier molecular flexibility index (Phi) is 7.26. The Balaban J connectivity index is 2.16. The van der Waals surface area contributed by atoms with Crippen LogP contribution < -0.4 is 14.8 Å². The van der Waals surface area contributed by atoms with Gasteiger partial charge in [0.05, 0.1) is 6.61 Å². The number of rotatable bonds is 9. The van der Waals surface area contributed by atoms with Gasteiger partial charge in [0, 0.05) is 12.6 Å². The summed E-state index contributed by atoms with van der Waals surface area (Å²) >= 11 is 0. The Morgan fingerprint density at radius 1 is 1.11 bits per heavy atom. The summed E-state index contributed by atoms with van der Waals surface area (Å²) in [6.45, 7) is 9.75. The van der Waals surface area contributed by atoms with E-state index < -0.39 is 0 Å². The maximum absolute atomic E-state index is 5.66. The van der Waals surface area contributed by atoms with Gasteiger partial charge in [0.1, 0.15) is 18.1 Å². The molecule has 1 N–H and O–H groups in total. The molecule has 0 unspecified atom stereocenters. The van der Waals surface area contributed by atoms with Crippen LogP contribution in [0.4, 0.5) is 0 Å². The molecule has 0 aliphatic carbocycles. The van der Waals surface area contributed by atoms with Crippen LogP contribution in [-0.4, -0.2) is 26.3 Å². The molecule has 3 heteroatoms. The van der Waals surface area contributed by atoms with E-state index in [1.807, 2.05) is 31.2 Å². The molecule has 0 saturated heterocycles. The summed E-state index contributed by atoms with van der Waals surface area (Å²) in [6.07, 6.45) is 1.21. The fourth-order valence-corrected chi connectivity index (χ4v) is 1.58. The minimum atomic E-state index is 0.681. The first-order valence-corrected chi connectivity index (χ1v) is 6.78. The van der Waals surface area contributed by atoms with Crippen LogP contribution in [0.3, 0.4) is 0 Å². The molecular formula is C15H25NO2. The van der Waals surface area contributed by atoms with E-state index in [0.29, 0.717) is 13.2 Å². The van der Waals surface area contributed by atoms with Gasteiger partial charge in [-0.05, 0) is 37.9 Å². The van der Waals surface area contributed by atoms with Gasteiger partial charge in [-0.3, -0.25) is 0 Å². The Labute approximate surface area is 110 Å². The molecule has 0 saturated carbocycles. The maximum Gasteiger partial charge on any atom is 0.123 e. The number of nitrogens with one attached hydrogen (secondary N) is 1. The monoisotopic (exact) mass is 251 g/mol. The second kappa shape index (κ2) is 8.81. The van der Waals surface area contributed by atoms with Crippen molar-refractivity contribution in [3.63, 3.8) is 0 Å². The summed E-state index contributed by atoms with van der Waals surface area (Å²) in [7, 11) is 0. The van der Waals surface area contributed by atoms with Crippen molar-refractivity contribution in [3.8, 4) is 11.5 Å². The number of hydrogen-bond acceptors (Lipinski definition) is 3. The Morgan fingerprint density at radius 3 is 2.50 bits per heavy atom.